The summed E-state index contributed by atoms with van der Waals surface area (Å²) in [6.45, 7) is 0. The molecule has 5 aromatic rings. The van der Waals surface area contributed by atoms with Gasteiger partial charge in [0.25, 0.3) is 0 Å². The molecule has 0 saturated heterocycles. The highest BCUT2D eigenvalue weighted by Crippen LogP contribution is 2.34. The van der Waals surface area contributed by atoms with Gasteiger partial charge in [0.1, 0.15) is 0 Å². The van der Waals surface area contributed by atoms with Crippen molar-refractivity contribution in [3.05, 3.63) is 90.0 Å². The Bertz CT molecular complexity index is 1380. The molecule has 0 atom stereocenters. The van der Waals surface area contributed by atoms with E-state index >= 15 is 0 Å². The van der Waals surface area contributed by atoms with Gasteiger partial charge in [-0.15, -0.1) is 0 Å². The lowest BCUT2D eigenvalue weighted by molar-refractivity contribution is 1.40. The van der Waals surface area contributed by atoms with Crippen molar-refractivity contribution in [1.82, 2.24) is 4.98 Å². The molecular weight excluding hydrogens is 314 g/mol. The molecule has 26 heavy (non-hydrogen) atoms. The van der Waals surface area contributed by atoms with Crippen LogP contribution < -0.4 is 0 Å². The second-order valence-electron chi connectivity index (χ2n) is 6.93. The number of nitrogens with zero attached hydrogens (tertiary/aromatic N) is 1. The monoisotopic (exact) mass is 329 g/mol. The minimum atomic E-state index is 1.03. The van der Waals surface area contributed by atoms with E-state index in [4.69, 9.17) is 4.98 Å². The zero-order chi connectivity index (χ0) is 17.1. The average molecular weight is 329 g/mol. The molecule has 0 fully saturated rings. The minimum Gasteiger partial charge on any atom is -0.248 e. The number of fused-ring (bicyclic) bond motifs is 2. The first-order chi connectivity index (χ1) is 12.8. The lowest BCUT2D eigenvalue weighted by Crippen LogP contribution is -1.89. The maximum Gasteiger partial charge on any atom is 0.0721 e. The van der Waals surface area contributed by atoms with Gasteiger partial charge in [0.15, 0.2) is 0 Å². The van der Waals surface area contributed by atoms with Crippen LogP contribution in [0.4, 0.5) is 0 Å². The summed E-state index contributed by atoms with van der Waals surface area (Å²) in [5, 5.41) is 6.34. The lowest BCUT2D eigenvalue weighted by atomic mass is 9.99. The fraction of sp³-hybridized carbons (Fsp3) is 0. The van der Waals surface area contributed by atoms with Crippen LogP contribution in [-0.4, -0.2) is 4.98 Å². The van der Waals surface area contributed by atoms with E-state index in [9.17, 15) is 0 Å². The van der Waals surface area contributed by atoms with Crippen LogP contribution in [0.1, 0.15) is 11.1 Å². The zero-order valence-corrected chi connectivity index (χ0v) is 14.1. The molecule has 4 aromatic carbocycles. The zero-order valence-electron chi connectivity index (χ0n) is 14.1. The van der Waals surface area contributed by atoms with Crippen LogP contribution in [0.2, 0.25) is 0 Å². The van der Waals surface area contributed by atoms with Crippen LogP contribution in [0.15, 0.2) is 78.9 Å². The summed E-state index contributed by atoms with van der Waals surface area (Å²) in [5.41, 5.74) is 5.79. The van der Waals surface area contributed by atoms with Gasteiger partial charge in [-0.05, 0) is 63.0 Å². The fourth-order valence-electron chi connectivity index (χ4n) is 4.04. The van der Waals surface area contributed by atoms with Crippen molar-refractivity contribution < 1.29 is 0 Å². The van der Waals surface area contributed by atoms with Gasteiger partial charge in [0.2, 0.25) is 0 Å². The number of rotatable bonds is 1. The first kappa shape index (κ1) is 13.8. The lowest BCUT2D eigenvalue weighted by Gasteiger charge is -2.08. The van der Waals surface area contributed by atoms with Crippen LogP contribution in [0.3, 0.4) is 0 Å². The molecule has 1 aliphatic rings. The van der Waals surface area contributed by atoms with Crippen molar-refractivity contribution in [3.63, 3.8) is 0 Å². The molecule has 1 nitrogen and oxygen atoms in total. The average Bonchev–Trinajstić information content (AvgIpc) is 3.10. The largest absolute Gasteiger partial charge is 0.248 e. The first-order valence-electron chi connectivity index (χ1n) is 8.90. The van der Waals surface area contributed by atoms with Crippen molar-refractivity contribution >= 4 is 44.6 Å². The predicted octanol–water partition coefficient (Wildman–Crippen LogP) is 6.69. The fourth-order valence-corrected chi connectivity index (χ4v) is 4.04. The van der Waals surface area contributed by atoms with Crippen molar-refractivity contribution in [2.45, 2.75) is 0 Å². The minimum absolute atomic E-state index is 1.03. The first-order valence-corrected chi connectivity index (χ1v) is 8.90. The smallest absolute Gasteiger partial charge is 0.0721 e. The Morgan fingerprint density at radius 3 is 2.19 bits per heavy atom. The summed E-state index contributed by atoms with van der Waals surface area (Å²) in [6.07, 6.45) is 4.37. The summed E-state index contributed by atoms with van der Waals surface area (Å²) >= 11 is 0. The van der Waals surface area contributed by atoms with Crippen molar-refractivity contribution in [1.29, 1.82) is 0 Å². The Hall–Kier alpha value is -3.45. The molecule has 0 amide bonds. The Balaban J connectivity index is 1.59. The van der Waals surface area contributed by atoms with Crippen LogP contribution in [0.25, 0.3) is 55.9 Å². The molecule has 120 valence electrons. The summed E-state index contributed by atoms with van der Waals surface area (Å²) < 4.78 is 0. The Labute approximate surface area is 151 Å². The van der Waals surface area contributed by atoms with Crippen LogP contribution in [0, 0.1) is 0 Å². The molecule has 0 saturated carbocycles. The molecule has 0 bridgehead atoms. The van der Waals surface area contributed by atoms with E-state index in [1.165, 1.54) is 38.1 Å². The Kier molecular flexibility index (Phi) is 2.67. The number of hydrogen-bond acceptors (Lipinski definition) is 1. The molecule has 0 unspecified atom stereocenters. The van der Waals surface area contributed by atoms with E-state index in [0.717, 1.165) is 16.8 Å². The summed E-state index contributed by atoms with van der Waals surface area (Å²) in [7, 11) is 0. The van der Waals surface area contributed by atoms with Gasteiger partial charge in [-0.2, -0.15) is 0 Å². The molecular formula is C25H15N. The second kappa shape index (κ2) is 5.03. The van der Waals surface area contributed by atoms with Crippen molar-refractivity contribution in [2.75, 3.05) is 0 Å². The third-order valence-electron chi connectivity index (χ3n) is 5.34. The maximum absolute atomic E-state index is 4.94. The highest BCUT2D eigenvalue weighted by Gasteiger charge is 2.12. The van der Waals surface area contributed by atoms with Gasteiger partial charge in [0.05, 0.1) is 11.2 Å². The van der Waals surface area contributed by atoms with E-state index in [0.29, 0.717) is 0 Å². The topological polar surface area (TPSA) is 12.9 Å². The number of hydrogen-bond donors (Lipinski definition) is 0. The van der Waals surface area contributed by atoms with Gasteiger partial charge < -0.3 is 0 Å². The van der Waals surface area contributed by atoms with E-state index in [1.54, 1.807) is 0 Å². The second-order valence-corrected chi connectivity index (χ2v) is 6.93. The highest BCUT2D eigenvalue weighted by atomic mass is 14.7. The number of benzene rings is 4. The summed E-state index contributed by atoms with van der Waals surface area (Å²) in [4.78, 5) is 4.94. The number of aromatic nitrogens is 1. The molecule has 0 radical (unpaired) electrons. The number of pyridine rings is 1. The molecule has 1 aliphatic carbocycles. The van der Waals surface area contributed by atoms with E-state index in [1.807, 2.05) is 0 Å². The van der Waals surface area contributed by atoms with Crippen LogP contribution >= 0.6 is 0 Å². The quantitative estimate of drug-likeness (QED) is 0.306. The van der Waals surface area contributed by atoms with Gasteiger partial charge >= 0.3 is 0 Å². The van der Waals surface area contributed by atoms with Crippen LogP contribution in [0.5, 0.6) is 0 Å². The molecule has 1 heterocycles. The summed E-state index contributed by atoms with van der Waals surface area (Å²) in [6, 6.07) is 28.2. The predicted molar refractivity (Wildman–Crippen MR) is 111 cm³/mol. The van der Waals surface area contributed by atoms with Crippen molar-refractivity contribution in [3.8, 4) is 11.3 Å². The van der Waals surface area contributed by atoms with E-state index < -0.39 is 0 Å². The van der Waals surface area contributed by atoms with Crippen LogP contribution in [-0.2, 0) is 0 Å². The van der Waals surface area contributed by atoms with Crippen molar-refractivity contribution in [2.24, 2.45) is 0 Å². The SMILES string of the molecule is C1=Cc2cc(-c3ccc4cc5ccccc5cc4c3)nc3cccc1c23. The summed E-state index contributed by atoms with van der Waals surface area (Å²) in [5.74, 6) is 0. The maximum atomic E-state index is 4.94. The standard InChI is InChI=1S/C25H15N/c1-2-5-18-13-22-14-20(10-9-19(22)12-17(18)4-1)24-15-21-11-8-16-6-3-7-23(26-24)25(16)21/h1-15H. The normalized spacial score (nSPS) is 12.5. The Morgan fingerprint density at radius 1 is 0.538 bits per heavy atom. The molecule has 0 N–H and O–H groups in total. The third kappa shape index (κ3) is 1.94. The van der Waals surface area contributed by atoms with Gasteiger partial charge in [-0.25, -0.2) is 4.98 Å². The molecule has 1 heteroatoms. The van der Waals surface area contributed by atoms with Gasteiger partial charge in [0, 0.05) is 10.9 Å². The van der Waals surface area contributed by atoms with E-state index in [-0.39, 0.29) is 0 Å². The Morgan fingerprint density at radius 2 is 1.31 bits per heavy atom. The van der Waals surface area contributed by atoms with Gasteiger partial charge in [-0.3, -0.25) is 0 Å². The van der Waals surface area contributed by atoms with E-state index in [2.05, 4.69) is 91.0 Å². The highest BCUT2D eigenvalue weighted by molar-refractivity contribution is 6.05. The molecule has 0 spiro atoms. The molecule has 1 aromatic heterocycles. The third-order valence-corrected chi connectivity index (χ3v) is 5.34. The molecule has 0 aliphatic heterocycles. The molecule has 6 rings (SSSR count). The van der Waals surface area contributed by atoms with Gasteiger partial charge in [-0.1, -0.05) is 60.7 Å².